The van der Waals surface area contributed by atoms with Gasteiger partial charge in [-0.25, -0.2) is 5.43 Å². The molecule has 1 aliphatic rings. The molecule has 0 aromatic carbocycles. The first-order chi connectivity index (χ1) is 12.1. The summed E-state index contributed by atoms with van der Waals surface area (Å²) in [7, 11) is 0. The average Bonchev–Trinajstić information content (AvgIpc) is 3.16. The Bertz CT molecular complexity index is 803. The molecule has 0 spiro atoms. The molecule has 2 heterocycles. The summed E-state index contributed by atoms with van der Waals surface area (Å²) in [6.07, 6.45) is 5.20. The topological polar surface area (TPSA) is 70.6 Å². The van der Waals surface area contributed by atoms with Gasteiger partial charge < -0.3 is 5.32 Å². The maximum atomic E-state index is 12.7. The Hall–Kier alpha value is -1.99. The maximum absolute atomic E-state index is 12.7. The Morgan fingerprint density at radius 1 is 1.12 bits per heavy atom. The van der Waals surface area contributed by atoms with Gasteiger partial charge in [0.15, 0.2) is 0 Å². The molecule has 0 bridgehead atoms. The van der Waals surface area contributed by atoms with Crippen LogP contribution in [0.1, 0.15) is 63.6 Å². The van der Waals surface area contributed by atoms with Crippen LogP contribution in [-0.2, 0) is 12.8 Å². The summed E-state index contributed by atoms with van der Waals surface area (Å²) >= 11 is 2.91. The van der Waals surface area contributed by atoms with Crippen LogP contribution < -0.4 is 10.7 Å². The van der Waals surface area contributed by atoms with Gasteiger partial charge in [0.1, 0.15) is 5.00 Å². The van der Waals surface area contributed by atoms with E-state index in [1.807, 2.05) is 25.3 Å². The summed E-state index contributed by atoms with van der Waals surface area (Å²) < 4.78 is 0. The lowest BCUT2D eigenvalue weighted by molar-refractivity contribution is 0.0955. The minimum absolute atomic E-state index is 0.171. The Labute approximate surface area is 155 Å². The molecule has 0 atom stereocenters. The highest BCUT2D eigenvalue weighted by atomic mass is 32.1. The van der Waals surface area contributed by atoms with Crippen LogP contribution in [-0.4, -0.2) is 17.5 Å². The van der Waals surface area contributed by atoms with E-state index in [-0.39, 0.29) is 11.8 Å². The normalized spacial score (nSPS) is 13.5. The quantitative estimate of drug-likeness (QED) is 0.471. The Morgan fingerprint density at radius 3 is 2.64 bits per heavy atom. The van der Waals surface area contributed by atoms with E-state index in [1.54, 1.807) is 6.07 Å². The lowest BCUT2D eigenvalue weighted by atomic mass is 10.1. The van der Waals surface area contributed by atoms with Crippen LogP contribution >= 0.6 is 22.7 Å². The highest BCUT2D eigenvalue weighted by Crippen LogP contribution is 2.37. The molecule has 0 saturated carbocycles. The van der Waals surface area contributed by atoms with Gasteiger partial charge in [-0.15, -0.1) is 22.7 Å². The molecule has 0 saturated heterocycles. The molecule has 2 N–H and O–H groups in total. The zero-order chi connectivity index (χ0) is 17.8. The molecular weight excluding hydrogens is 354 g/mol. The van der Waals surface area contributed by atoms with E-state index < -0.39 is 0 Å². The number of hydrazone groups is 1. The number of nitrogens with one attached hydrogen (secondary N) is 2. The van der Waals surface area contributed by atoms with Crippen molar-refractivity contribution in [1.29, 1.82) is 0 Å². The standard InChI is InChI=1S/C18H21N3O2S2/c1-11(2)20-21-17(23)15-12-7-4-3-5-8-13(12)25-18(15)19-16(22)14-9-6-10-24-14/h6,9-10H,3-5,7-8H2,1-2H3,(H,19,22)(H,21,23). The van der Waals surface area contributed by atoms with Crippen LogP contribution in [0.25, 0.3) is 0 Å². The van der Waals surface area contributed by atoms with Crippen molar-refractivity contribution in [3.8, 4) is 0 Å². The molecular formula is C18H21N3O2S2. The smallest absolute Gasteiger partial charge is 0.274 e. The lowest BCUT2D eigenvalue weighted by Crippen LogP contribution is -2.22. The van der Waals surface area contributed by atoms with Gasteiger partial charge >= 0.3 is 0 Å². The molecule has 132 valence electrons. The predicted octanol–water partition coefficient (Wildman–Crippen LogP) is 4.46. The van der Waals surface area contributed by atoms with Crippen LogP contribution in [0, 0.1) is 0 Å². The van der Waals surface area contributed by atoms with Gasteiger partial charge in [0.05, 0.1) is 10.4 Å². The summed E-state index contributed by atoms with van der Waals surface area (Å²) in [6, 6.07) is 3.62. The van der Waals surface area contributed by atoms with E-state index in [4.69, 9.17) is 0 Å². The van der Waals surface area contributed by atoms with E-state index in [0.29, 0.717) is 15.4 Å². The molecule has 2 aromatic rings. The number of carbonyl (C=O) groups excluding carboxylic acids is 2. The first-order valence-corrected chi connectivity index (χ1v) is 10.1. The summed E-state index contributed by atoms with van der Waals surface area (Å²) in [4.78, 5) is 27.0. The Morgan fingerprint density at radius 2 is 1.92 bits per heavy atom. The highest BCUT2D eigenvalue weighted by molar-refractivity contribution is 7.17. The fourth-order valence-corrected chi connectivity index (χ4v) is 4.76. The lowest BCUT2D eigenvalue weighted by Gasteiger charge is -2.07. The van der Waals surface area contributed by atoms with Crippen molar-refractivity contribution in [2.45, 2.75) is 46.0 Å². The van der Waals surface area contributed by atoms with Crippen molar-refractivity contribution in [1.82, 2.24) is 5.43 Å². The monoisotopic (exact) mass is 375 g/mol. The second-order valence-electron chi connectivity index (χ2n) is 6.20. The number of amides is 2. The second-order valence-corrected chi connectivity index (χ2v) is 8.25. The van der Waals surface area contributed by atoms with Gasteiger partial charge in [0.25, 0.3) is 11.8 Å². The molecule has 25 heavy (non-hydrogen) atoms. The van der Waals surface area contributed by atoms with E-state index in [1.165, 1.54) is 34.0 Å². The first-order valence-electron chi connectivity index (χ1n) is 8.37. The molecule has 0 unspecified atom stereocenters. The van der Waals surface area contributed by atoms with Gasteiger partial charge in [-0.1, -0.05) is 12.5 Å². The molecule has 0 aliphatic heterocycles. The number of anilines is 1. The van der Waals surface area contributed by atoms with Crippen LogP contribution in [0.15, 0.2) is 22.6 Å². The second kappa shape index (κ2) is 7.93. The summed E-state index contributed by atoms with van der Waals surface area (Å²) in [6.45, 7) is 3.65. The molecule has 2 aromatic heterocycles. The molecule has 3 rings (SSSR count). The number of carbonyl (C=O) groups is 2. The van der Waals surface area contributed by atoms with Gasteiger partial charge in [0.2, 0.25) is 0 Å². The van der Waals surface area contributed by atoms with E-state index in [2.05, 4.69) is 15.8 Å². The molecule has 7 heteroatoms. The zero-order valence-corrected chi connectivity index (χ0v) is 16.0. The van der Waals surface area contributed by atoms with Crippen molar-refractivity contribution < 1.29 is 9.59 Å². The van der Waals surface area contributed by atoms with Crippen molar-refractivity contribution in [3.05, 3.63) is 38.4 Å². The van der Waals surface area contributed by atoms with Crippen LogP contribution in [0.3, 0.4) is 0 Å². The first kappa shape index (κ1) is 17.8. The number of nitrogens with zero attached hydrogens (tertiary/aromatic N) is 1. The summed E-state index contributed by atoms with van der Waals surface area (Å²) in [5.41, 5.74) is 5.04. The van der Waals surface area contributed by atoms with E-state index in [0.717, 1.165) is 37.0 Å². The minimum atomic E-state index is -0.248. The molecule has 1 aliphatic carbocycles. The number of hydrogen-bond donors (Lipinski definition) is 2. The van der Waals surface area contributed by atoms with Gasteiger partial charge in [-0.3, -0.25) is 9.59 Å². The predicted molar refractivity (Wildman–Crippen MR) is 104 cm³/mol. The third kappa shape index (κ3) is 4.16. The largest absolute Gasteiger partial charge is 0.312 e. The third-order valence-corrected chi connectivity index (χ3v) is 6.08. The fraction of sp³-hybridized carbons (Fsp3) is 0.389. The van der Waals surface area contributed by atoms with Gasteiger partial charge in [-0.2, -0.15) is 5.10 Å². The highest BCUT2D eigenvalue weighted by Gasteiger charge is 2.26. The molecule has 0 radical (unpaired) electrons. The Balaban J connectivity index is 1.94. The van der Waals surface area contributed by atoms with Gasteiger partial charge in [0, 0.05) is 10.6 Å². The maximum Gasteiger partial charge on any atom is 0.274 e. The Kier molecular flexibility index (Phi) is 5.65. The average molecular weight is 376 g/mol. The van der Waals surface area contributed by atoms with Crippen molar-refractivity contribution in [2.24, 2.45) is 5.10 Å². The number of hydrogen-bond acceptors (Lipinski definition) is 5. The summed E-state index contributed by atoms with van der Waals surface area (Å²) in [5, 5.41) is 9.47. The molecule has 2 amide bonds. The molecule has 0 fully saturated rings. The van der Waals surface area contributed by atoms with E-state index in [9.17, 15) is 9.59 Å². The SMILES string of the molecule is CC(C)=NNC(=O)c1c(NC(=O)c2cccs2)sc2c1CCCCC2. The van der Waals surface area contributed by atoms with Crippen LogP contribution in [0.4, 0.5) is 5.00 Å². The van der Waals surface area contributed by atoms with Crippen LogP contribution in [0.2, 0.25) is 0 Å². The number of rotatable bonds is 4. The van der Waals surface area contributed by atoms with Gasteiger partial charge in [-0.05, 0) is 56.5 Å². The number of aryl methyl sites for hydroxylation is 1. The van der Waals surface area contributed by atoms with Crippen molar-refractivity contribution in [2.75, 3.05) is 5.32 Å². The number of thiophene rings is 2. The fourth-order valence-electron chi connectivity index (χ4n) is 2.86. The van der Waals surface area contributed by atoms with Crippen molar-refractivity contribution >= 4 is 45.2 Å². The third-order valence-electron chi connectivity index (χ3n) is 4.00. The zero-order valence-electron chi connectivity index (χ0n) is 14.3. The van der Waals surface area contributed by atoms with Crippen LogP contribution in [0.5, 0.6) is 0 Å². The van der Waals surface area contributed by atoms with E-state index >= 15 is 0 Å². The number of fused-ring (bicyclic) bond motifs is 1. The van der Waals surface area contributed by atoms with Crippen molar-refractivity contribution in [3.63, 3.8) is 0 Å². The molecule has 5 nitrogen and oxygen atoms in total. The summed E-state index contributed by atoms with van der Waals surface area (Å²) in [5.74, 6) is -0.419. The minimum Gasteiger partial charge on any atom is -0.312 e.